The largest absolute Gasteiger partial charge is 0.352 e. The molecule has 214 valence electrons. The Hall–Kier alpha value is -2.59. The van der Waals surface area contributed by atoms with E-state index in [2.05, 4.69) is 21.2 Å². The molecule has 3 aromatic carbocycles. The number of halogens is 3. The summed E-state index contributed by atoms with van der Waals surface area (Å²) in [5.74, 6) is -0.972. The summed E-state index contributed by atoms with van der Waals surface area (Å²) in [5, 5.41) is 3.56. The molecule has 0 aliphatic rings. The summed E-state index contributed by atoms with van der Waals surface area (Å²) in [4.78, 5) is 28.5. The maximum atomic E-state index is 14.0. The second-order valence-corrected chi connectivity index (χ2v) is 13.1. The summed E-state index contributed by atoms with van der Waals surface area (Å²) in [5.41, 5.74) is 1.64. The molecule has 3 aromatic rings. The maximum Gasteiger partial charge on any atom is 0.264 e. The SMILES string of the molecule is CCC(C)NC(=O)C(C)N(Cc1c(Cl)cccc1Cl)C(=O)CN(c1cccc(Br)c1)S(=O)(=O)c1ccc(C)cc1. The maximum absolute atomic E-state index is 14.0. The van der Waals surface area contributed by atoms with Crippen LogP contribution in [0.5, 0.6) is 0 Å². The van der Waals surface area contributed by atoms with Gasteiger partial charge in [-0.15, -0.1) is 0 Å². The van der Waals surface area contributed by atoms with Crippen LogP contribution in [0.2, 0.25) is 10.0 Å². The van der Waals surface area contributed by atoms with E-state index >= 15 is 0 Å². The monoisotopic (exact) mass is 667 g/mol. The Morgan fingerprint density at radius 3 is 2.15 bits per heavy atom. The Morgan fingerprint density at radius 2 is 1.57 bits per heavy atom. The van der Waals surface area contributed by atoms with Gasteiger partial charge in [-0.05, 0) is 69.7 Å². The van der Waals surface area contributed by atoms with Crippen LogP contribution in [0.25, 0.3) is 0 Å². The summed E-state index contributed by atoms with van der Waals surface area (Å²) in [6.07, 6.45) is 0.703. The van der Waals surface area contributed by atoms with E-state index in [1.807, 2.05) is 20.8 Å². The lowest BCUT2D eigenvalue weighted by molar-refractivity contribution is -0.139. The molecule has 0 bridgehead atoms. The van der Waals surface area contributed by atoms with Crippen LogP contribution in [0.1, 0.15) is 38.3 Å². The van der Waals surface area contributed by atoms with Crippen molar-refractivity contribution in [1.29, 1.82) is 0 Å². The third-order valence-corrected chi connectivity index (χ3v) is 9.53. The highest BCUT2D eigenvalue weighted by Crippen LogP contribution is 2.29. The van der Waals surface area contributed by atoms with Crippen molar-refractivity contribution in [3.63, 3.8) is 0 Å². The third-order valence-electron chi connectivity index (χ3n) is 6.54. The normalized spacial score (nSPS) is 12.9. The number of sulfonamides is 1. The molecule has 11 heteroatoms. The van der Waals surface area contributed by atoms with Crippen LogP contribution < -0.4 is 9.62 Å². The fourth-order valence-corrected chi connectivity index (χ4v) is 6.21. The lowest BCUT2D eigenvalue weighted by atomic mass is 10.1. The van der Waals surface area contributed by atoms with Crippen LogP contribution in [-0.2, 0) is 26.2 Å². The average molecular weight is 669 g/mol. The number of hydrogen-bond acceptors (Lipinski definition) is 4. The van der Waals surface area contributed by atoms with Crippen LogP contribution in [0.3, 0.4) is 0 Å². The highest BCUT2D eigenvalue weighted by Gasteiger charge is 2.33. The van der Waals surface area contributed by atoms with Gasteiger partial charge >= 0.3 is 0 Å². The third kappa shape index (κ3) is 7.78. The predicted molar refractivity (Wildman–Crippen MR) is 164 cm³/mol. The van der Waals surface area contributed by atoms with Crippen LogP contribution in [0.15, 0.2) is 76.1 Å². The van der Waals surface area contributed by atoms with Gasteiger partial charge in [0, 0.05) is 32.7 Å². The van der Waals surface area contributed by atoms with E-state index in [1.165, 1.54) is 17.0 Å². The van der Waals surface area contributed by atoms with Crippen molar-refractivity contribution in [3.05, 3.63) is 92.4 Å². The van der Waals surface area contributed by atoms with E-state index < -0.39 is 28.5 Å². The topological polar surface area (TPSA) is 86.8 Å². The van der Waals surface area contributed by atoms with E-state index in [0.717, 1.165) is 9.87 Å². The molecule has 0 spiro atoms. The molecule has 2 amide bonds. The van der Waals surface area contributed by atoms with Gasteiger partial charge in [0.25, 0.3) is 10.0 Å². The van der Waals surface area contributed by atoms with Crippen LogP contribution in [0, 0.1) is 6.92 Å². The number of rotatable bonds is 11. The van der Waals surface area contributed by atoms with Gasteiger partial charge in [-0.2, -0.15) is 0 Å². The zero-order valence-corrected chi connectivity index (χ0v) is 26.6. The predicted octanol–water partition coefficient (Wildman–Crippen LogP) is 6.59. The molecule has 0 radical (unpaired) electrons. The van der Waals surface area contributed by atoms with Crippen molar-refractivity contribution in [2.24, 2.45) is 0 Å². The molecule has 0 aromatic heterocycles. The number of hydrogen-bond donors (Lipinski definition) is 1. The molecule has 1 N–H and O–H groups in total. The molecule has 0 aliphatic heterocycles. The Balaban J connectivity index is 2.07. The van der Waals surface area contributed by atoms with E-state index in [1.54, 1.807) is 61.5 Å². The lowest BCUT2D eigenvalue weighted by Crippen LogP contribution is -2.52. The van der Waals surface area contributed by atoms with Gasteiger partial charge in [0.05, 0.1) is 10.6 Å². The number of aryl methyl sites for hydroxylation is 1. The smallest absolute Gasteiger partial charge is 0.264 e. The first kappa shape index (κ1) is 31.9. The van der Waals surface area contributed by atoms with Crippen LogP contribution >= 0.6 is 39.1 Å². The molecular formula is C29H32BrCl2N3O4S. The number of nitrogens with one attached hydrogen (secondary N) is 1. The minimum absolute atomic E-state index is 0.0362. The summed E-state index contributed by atoms with van der Waals surface area (Å²) in [7, 11) is -4.16. The standard InChI is InChI=1S/C29H32BrCl2N3O4S/c1-5-20(3)33-29(37)21(4)34(17-25-26(31)10-7-11-27(25)32)28(36)18-35(23-9-6-8-22(30)16-23)40(38,39)24-14-12-19(2)13-15-24/h6-16,20-21H,5,17-18H2,1-4H3,(H,33,37). The summed E-state index contributed by atoms with van der Waals surface area (Å²) >= 11 is 16.2. The number of carbonyl (C=O) groups excluding carboxylic acids is 2. The minimum Gasteiger partial charge on any atom is -0.352 e. The Bertz CT molecular complexity index is 1450. The molecule has 2 unspecified atom stereocenters. The van der Waals surface area contributed by atoms with Crippen LogP contribution in [0.4, 0.5) is 5.69 Å². The van der Waals surface area contributed by atoms with Gasteiger partial charge in [-0.25, -0.2) is 8.42 Å². The van der Waals surface area contributed by atoms with Crippen molar-refractivity contribution in [1.82, 2.24) is 10.2 Å². The van der Waals surface area contributed by atoms with Crippen molar-refractivity contribution in [2.75, 3.05) is 10.8 Å². The molecule has 0 saturated heterocycles. The molecule has 0 fully saturated rings. The van der Waals surface area contributed by atoms with E-state index in [-0.39, 0.29) is 29.1 Å². The Kier molecular flexibility index (Phi) is 11.1. The molecule has 2 atom stereocenters. The average Bonchev–Trinajstić information content (AvgIpc) is 2.91. The summed E-state index contributed by atoms with van der Waals surface area (Å²) in [6.45, 7) is 6.60. The quantitative estimate of drug-likeness (QED) is 0.250. The van der Waals surface area contributed by atoms with Gasteiger partial charge in [-0.1, -0.05) is 75.9 Å². The van der Waals surface area contributed by atoms with Gasteiger partial charge in [-0.3, -0.25) is 13.9 Å². The number of benzene rings is 3. The van der Waals surface area contributed by atoms with E-state index in [0.29, 0.717) is 26.5 Å². The van der Waals surface area contributed by atoms with E-state index in [4.69, 9.17) is 23.2 Å². The highest BCUT2D eigenvalue weighted by molar-refractivity contribution is 9.10. The molecule has 0 aliphatic carbocycles. The Morgan fingerprint density at radius 1 is 0.975 bits per heavy atom. The molecule has 0 saturated carbocycles. The zero-order valence-electron chi connectivity index (χ0n) is 22.7. The molecule has 40 heavy (non-hydrogen) atoms. The van der Waals surface area contributed by atoms with Crippen molar-refractivity contribution < 1.29 is 18.0 Å². The minimum atomic E-state index is -4.16. The number of anilines is 1. The van der Waals surface area contributed by atoms with E-state index in [9.17, 15) is 18.0 Å². The molecule has 3 rings (SSSR count). The highest BCUT2D eigenvalue weighted by atomic mass is 79.9. The lowest BCUT2D eigenvalue weighted by Gasteiger charge is -2.33. The van der Waals surface area contributed by atoms with Crippen molar-refractivity contribution >= 4 is 66.7 Å². The number of nitrogens with zero attached hydrogens (tertiary/aromatic N) is 2. The van der Waals surface area contributed by atoms with Crippen molar-refractivity contribution in [3.8, 4) is 0 Å². The second kappa shape index (κ2) is 13.9. The van der Waals surface area contributed by atoms with Gasteiger partial charge < -0.3 is 10.2 Å². The molecule has 7 nitrogen and oxygen atoms in total. The van der Waals surface area contributed by atoms with Gasteiger partial charge in [0.1, 0.15) is 12.6 Å². The van der Waals surface area contributed by atoms with Gasteiger partial charge in [0.15, 0.2) is 0 Å². The first-order valence-corrected chi connectivity index (χ1v) is 15.7. The first-order chi connectivity index (χ1) is 18.8. The van der Waals surface area contributed by atoms with Crippen molar-refractivity contribution in [2.45, 2.75) is 57.6 Å². The van der Waals surface area contributed by atoms with Gasteiger partial charge in [0.2, 0.25) is 11.8 Å². The molecule has 0 heterocycles. The fourth-order valence-electron chi connectivity index (χ4n) is 3.90. The summed E-state index contributed by atoms with van der Waals surface area (Å²) < 4.78 is 29.5. The summed E-state index contributed by atoms with van der Waals surface area (Å²) in [6, 6.07) is 17.0. The molecular weight excluding hydrogens is 637 g/mol. The van der Waals surface area contributed by atoms with Crippen LogP contribution in [-0.4, -0.2) is 43.8 Å². The zero-order chi connectivity index (χ0) is 29.6. The fraction of sp³-hybridized carbons (Fsp3) is 0.310. The number of amides is 2. The Labute approximate surface area is 254 Å². The second-order valence-electron chi connectivity index (χ2n) is 9.52. The number of carbonyl (C=O) groups is 2. The first-order valence-electron chi connectivity index (χ1n) is 12.7.